The van der Waals surface area contributed by atoms with Crippen LogP contribution in [-0.2, 0) is 6.54 Å². The Morgan fingerprint density at radius 3 is 3.16 bits per heavy atom. The molecule has 5 nitrogen and oxygen atoms in total. The molecule has 0 fully saturated rings. The molecule has 0 spiro atoms. The summed E-state index contributed by atoms with van der Waals surface area (Å²) in [5.74, 6) is -0.166. The van der Waals surface area contributed by atoms with Crippen LogP contribution < -0.4 is 5.32 Å². The summed E-state index contributed by atoms with van der Waals surface area (Å²) in [7, 11) is 0. The van der Waals surface area contributed by atoms with Gasteiger partial charge in [0.05, 0.1) is 12.7 Å². The molecule has 0 aliphatic rings. The van der Waals surface area contributed by atoms with E-state index in [2.05, 4.69) is 15.4 Å². The standard InChI is InChI=1S/C13H12N4OS/c1-9-7-11(16-12-4-5-15-17(9)12)13(18)14-8-10-3-2-6-19-10/h2-7H,8H2,1H3,(H,14,18). The molecule has 6 heteroatoms. The van der Waals surface area contributed by atoms with E-state index in [9.17, 15) is 4.79 Å². The third-order valence-corrected chi connectivity index (χ3v) is 3.65. The van der Waals surface area contributed by atoms with Gasteiger partial charge in [-0.05, 0) is 24.4 Å². The minimum Gasteiger partial charge on any atom is -0.346 e. The third kappa shape index (κ3) is 2.34. The van der Waals surface area contributed by atoms with Crippen molar-refractivity contribution in [3.05, 3.63) is 52.1 Å². The van der Waals surface area contributed by atoms with E-state index in [1.54, 1.807) is 34.2 Å². The van der Waals surface area contributed by atoms with Crippen LogP contribution in [0.3, 0.4) is 0 Å². The number of rotatable bonds is 3. The molecule has 0 aliphatic carbocycles. The normalized spacial score (nSPS) is 10.8. The van der Waals surface area contributed by atoms with E-state index in [1.165, 1.54) is 0 Å². The molecule has 0 saturated heterocycles. The average Bonchev–Trinajstić information content (AvgIpc) is 3.06. The van der Waals surface area contributed by atoms with Gasteiger partial charge in [0.1, 0.15) is 5.69 Å². The van der Waals surface area contributed by atoms with Crippen molar-refractivity contribution in [2.45, 2.75) is 13.5 Å². The second-order valence-corrected chi connectivity index (χ2v) is 5.18. The number of hydrogen-bond acceptors (Lipinski definition) is 4. The highest BCUT2D eigenvalue weighted by Gasteiger charge is 2.10. The predicted octanol–water partition coefficient (Wildman–Crippen LogP) is 2.03. The molecule has 3 aromatic rings. The minimum absolute atomic E-state index is 0.166. The molecule has 0 aliphatic heterocycles. The summed E-state index contributed by atoms with van der Waals surface area (Å²) in [4.78, 5) is 17.5. The first kappa shape index (κ1) is 11.9. The summed E-state index contributed by atoms with van der Waals surface area (Å²) in [6.45, 7) is 2.43. The summed E-state index contributed by atoms with van der Waals surface area (Å²) in [6, 6.07) is 7.48. The quantitative estimate of drug-likeness (QED) is 0.793. The van der Waals surface area contributed by atoms with Crippen molar-refractivity contribution in [2.75, 3.05) is 0 Å². The van der Waals surface area contributed by atoms with E-state index in [4.69, 9.17) is 0 Å². The summed E-state index contributed by atoms with van der Waals surface area (Å²) in [5, 5.41) is 8.98. The number of fused-ring (bicyclic) bond motifs is 1. The van der Waals surface area contributed by atoms with Gasteiger partial charge in [-0.25, -0.2) is 9.50 Å². The smallest absolute Gasteiger partial charge is 0.270 e. The zero-order valence-corrected chi connectivity index (χ0v) is 11.1. The van der Waals surface area contributed by atoms with Crippen molar-refractivity contribution >= 4 is 22.9 Å². The number of hydrogen-bond donors (Lipinski definition) is 1. The number of nitrogens with one attached hydrogen (secondary N) is 1. The zero-order chi connectivity index (χ0) is 13.2. The molecule has 19 heavy (non-hydrogen) atoms. The fraction of sp³-hybridized carbons (Fsp3) is 0.154. The van der Waals surface area contributed by atoms with Crippen LogP contribution in [0.1, 0.15) is 21.1 Å². The van der Waals surface area contributed by atoms with E-state index >= 15 is 0 Å². The lowest BCUT2D eigenvalue weighted by Gasteiger charge is -2.05. The summed E-state index contributed by atoms with van der Waals surface area (Å²) < 4.78 is 1.70. The molecule has 0 saturated carbocycles. The number of aryl methyl sites for hydroxylation is 1. The maximum atomic E-state index is 12.1. The lowest BCUT2D eigenvalue weighted by Crippen LogP contribution is -2.24. The van der Waals surface area contributed by atoms with Gasteiger partial charge in [0.25, 0.3) is 5.91 Å². The number of amides is 1. The van der Waals surface area contributed by atoms with Crippen LogP contribution in [0.25, 0.3) is 5.65 Å². The average molecular weight is 272 g/mol. The highest BCUT2D eigenvalue weighted by atomic mass is 32.1. The van der Waals surface area contributed by atoms with E-state index in [-0.39, 0.29) is 5.91 Å². The molecule has 1 amide bonds. The Labute approximate surface area is 113 Å². The Bertz CT molecular complexity index is 717. The molecule has 3 heterocycles. The van der Waals surface area contributed by atoms with Gasteiger partial charge in [-0.2, -0.15) is 5.10 Å². The van der Waals surface area contributed by atoms with E-state index < -0.39 is 0 Å². The fourth-order valence-corrected chi connectivity index (χ4v) is 2.50. The largest absolute Gasteiger partial charge is 0.346 e. The molecule has 3 rings (SSSR count). The number of carbonyl (C=O) groups is 1. The maximum absolute atomic E-state index is 12.1. The Morgan fingerprint density at radius 2 is 2.37 bits per heavy atom. The second kappa shape index (κ2) is 4.81. The Hall–Kier alpha value is -2.21. The van der Waals surface area contributed by atoms with Crippen LogP contribution >= 0.6 is 11.3 Å². The maximum Gasteiger partial charge on any atom is 0.270 e. The van der Waals surface area contributed by atoms with Crippen molar-refractivity contribution in [1.82, 2.24) is 19.9 Å². The van der Waals surface area contributed by atoms with Crippen LogP contribution in [0, 0.1) is 6.92 Å². The van der Waals surface area contributed by atoms with Crippen molar-refractivity contribution in [1.29, 1.82) is 0 Å². The van der Waals surface area contributed by atoms with Gasteiger partial charge in [0, 0.05) is 16.6 Å². The van der Waals surface area contributed by atoms with Gasteiger partial charge in [-0.15, -0.1) is 11.3 Å². The zero-order valence-electron chi connectivity index (χ0n) is 10.3. The van der Waals surface area contributed by atoms with Crippen LogP contribution in [0.2, 0.25) is 0 Å². The van der Waals surface area contributed by atoms with Gasteiger partial charge in [0.2, 0.25) is 0 Å². The lowest BCUT2D eigenvalue weighted by atomic mass is 10.3. The number of carbonyl (C=O) groups excluding carboxylic acids is 1. The fourth-order valence-electron chi connectivity index (χ4n) is 1.85. The lowest BCUT2D eigenvalue weighted by molar-refractivity contribution is 0.0946. The highest BCUT2D eigenvalue weighted by molar-refractivity contribution is 7.09. The molecular weight excluding hydrogens is 260 g/mol. The van der Waals surface area contributed by atoms with Gasteiger partial charge >= 0.3 is 0 Å². The first-order valence-corrected chi connectivity index (χ1v) is 6.74. The van der Waals surface area contributed by atoms with E-state index in [1.807, 2.05) is 24.4 Å². The van der Waals surface area contributed by atoms with E-state index in [0.717, 1.165) is 10.6 Å². The second-order valence-electron chi connectivity index (χ2n) is 4.15. The molecule has 3 aromatic heterocycles. The predicted molar refractivity (Wildman–Crippen MR) is 73.2 cm³/mol. The summed E-state index contributed by atoms with van der Waals surface area (Å²) in [5.41, 5.74) is 1.99. The molecule has 0 radical (unpaired) electrons. The highest BCUT2D eigenvalue weighted by Crippen LogP contribution is 2.09. The Morgan fingerprint density at radius 1 is 1.47 bits per heavy atom. The van der Waals surface area contributed by atoms with Crippen molar-refractivity contribution in [3.63, 3.8) is 0 Å². The monoisotopic (exact) mass is 272 g/mol. The molecule has 96 valence electrons. The van der Waals surface area contributed by atoms with Gasteiger partial charge < -0.3 is 5.32 Å². The molecule has 0 atom stereocenters. The van der Waals surface area contributed by atoms with E-state index in [0.29, 0.717) is 17.9 Å². The molecule has 0 bridgehead atoms. The van der Waals surface area contributed by atoms with Gasteiger partial charge in [-0.3, -0.25) is 4.79 Å². The van der Waals surface area contributed by atoms with Crippen LogP contribution in [0.15, 0.2) is 35.8 Å². The van der Waals surface area contributed by atoms with Gasteiger partial charge in [-0.1, -0.05) is 6.07 Å². The summed E-state index contributed by atoms with van der Waals surface area (Å²) >= 11 is 1.62. The number of aromatic nitrogens is 3. The molecule has 0 unspecified atom stereocenters. The number of nitrogens with zero attached hydrogens (tertiary/aromatic N) is 3. The minimum atomic E-state index is -0.166. The first-order chi connectivity index (χ1) is 9.24. The van der Waals surface area contributed by atoms with Crippen LogP contribution in [0.4, 0.5) is 0 Å². The SMILES string of the molecule is Cc1cc(C(=O)NCc2cccs2)nc2ccnn12. The van der Waals surface area contributed by atoms with Crippen LogP contribution in [-0.4, -0.2) is 20.5 Å². The van der Waals surface area contributed by atoms with Crippen molar-refractivity contribution in [3.8, 4) is 0 Å². The Kier molecular flexibility index (Phi) is 3.00. The molecule has 0 aromatic carbocycles. The molecule has 1 N–H and O–H groups in total. The van der Waals surface area contributed by atoms with Gasteiger partial charge in [0.15, 0.2) is 5.65 Å². The third-order valence-electron chi connectivity index (χ3n) is 2.77. The van der Waals surface area contributed by atoms with Crippen LogP contribution in [0.5, 0.6) is 0 Å². The first-order valence-electron chi connectivity index (χ1n) is 5.86. The topological polar surface area (TPSA) is 59.3 Å². The summed E-state index contributed by atoms with van der Waals surface area (Å²) in [6.07, 6.45) is 1.67. The van der Waals surface area contributed by atoms with Crippen molar-refractivity contribution in [2.24, 2.45) is 0 Å². The number of thiophene rings is 1. The van der Waals surface area contributed by atoms with Crippen molar-refractivity contribution < 1.29 is 4.79 Å². The Balaban J connectivity index is 1.81. The molecular formula is C13H12N4OS.